The smallest absolute Gasteiger partial charge is 0.139 e. The summed E-state index contributed by atoms with van der Waals surface area (Å²) in [7, 11) is 4.14. The highest BCUT2D eigenvalue weighted by Gasteiger charge is 2.13. The van der Waals surface area contributed by atoms with Gasteiger partial charge in [-0.25, -0.2) is 14.4 Å². The molecule has 142 valence electrons. The van der Waals surface area contributed by atoms with Crippen molar-refractivity contribution < 1.29 is 4.39 Å². The van der Waals surface area contributed by atoms with Crippen LogP contribution < -0.4 is 5.32 Å². The van der Waals surface area contributed by atoms with Crippen molar-refractivity contribution in [3.05, 3.63) is 77.2 Å². The minimum atomic E-state index is -0.240. The first-order valence-electron chi connectivity index (χ1n) is 9.05. The average Bonchev–Trinajstić information content (AvgIpc) is 3.12. The standard InChI is InChI=1S/C22H21FN4S/c1-27(2)12-17-6-4-3-5-16(17)11-24-21-20-19(13-28-22(20)26-14-25-21)15-7-9-18(23)10-8-15/h3-10,13-14H,11-12H2,1-2H3,(H,24,25,26). The SMILES string of the molecule is CN(C)Cc1ccccc1CNc1ncnc2scc(-c3ccc(F)cc3)c12. The molecule has 4 nitrogen and oxygen atoms in total. The second-order valence-electron chi connectivity index (χ2n) is 6.92. The average molecular weight is 393 g/mol. The Balaban J connectivity index is 1.67. The van der Waals surface area contributed by atoms with E-state index in [1.807, 2.05) is 0 Å². The molecule has 0 atom stereocenters. The van der Waals surface area contributed by atoms with Crippen molar-refractivity contribution in [3.8, 4) is 11.1 Å². The molecule has 4 rings (SSSR count). The number of aromatic nitrogens is 2. The van der Waals surface area contributed by atoms with E-state index in [-0.39, 0.29) is 5.82 Å². The van der Waals surface area contributed by atoms with Gasteiger partial charge < -0.3 is 10.2 Å². The fourth-order valence-electron chi connectivity index (χ4n) is 3.25. The van der Waals surface area contributed by atoms with Crippen LogP contribution in [0.25, 0.3) is 21.3 Å². The molecular weight excluding hydrogens is 371 g/mol. The number of hydrogen-bond acceptors (Lipinski definition) is 5. The number of nitrogens with zero attached hydrogens (tertiary/aromatic N) is 3. The number of thiophene rings is 1. The Bertz CT molecular complexity index is 1090. The van der Waals surface area contributed by atoms with Crippen molar-refractivity contribution in [2.24, 2.45) is 0 Å². The number of hydrogen-bond donors (Lipinski definition) is 1. The quantitative estimate of drug-likeness (QED) is 0.491. The predicted molar refractivity (Wildman–Crippen MR) is 114 cm³/mol. The Labute approximate surface area is 167 Å². The molecule has 4 aromatic rings. The molecule has 0 saturated heterocycles. The first-order chi connectivity index (χ1) is 13.6. The van der Waals surface area contributed by atoms with Gasteiger partial charge in [0.25, 0.3) is 0 Å². The maximum atomic E-state index is 13.3. The zero-order valence-corrected chi connectivity index (χ0v) is 16.6. The highest BCUT2D eigenvalue weighted by atomic mass is 32.1. The number of nitrogens with one attached hydrogen (secondary N) is 1. The molecule has 0 radical (unpaired) electrons. The summed E-state index contributed by atoms with van der Waals surface area (Å²) in [6.45, 7) is 1.56. The van der Waals surface area contributed by atoms with E-state index in [1.54, 1.807) is 29.8 Å². The van der Waals surface area contributed by atoms with Crippen LogP contribution in [0, 0.1) is 5.82 Å². The Morgan fingerprint density at radius 3 is 2.50 bits per heavy atom. The molecule has 0 spiro atoms. The lowest BCUT2D eigenvalue weighted by molar-refractivity contribution is 0.401. The van der Waals surface area contributed by atoms with Gasteiger partial charge >= 0.3 is 0 Å². The minimum absolute atomic E-state index is 0.240. The molecule has 0 amide bonds. The van der Waals surface area contributed by atoms with Crippen LogP contribution in [-0.4, -0.2) is 29.0 Å². The lowest BCUT2D eigenvalue weighted by Crippen LogP contribution is -2.13. The molecule has 0 aliphatic heterocycles. The molecule has 2 aromatic heterocycles. The number of benzene rings is 2. The molecule has 0 unspecified atom stereocenters. The number of fused-ring (bicyclic) bond motifs is 1. The van der Waals surface area contributed by atoms with Crippen molar-refractivity contribution in [1.29, 1.82) is 0 Å². The Kier molecular flexibility index (Phi) is 5.32. The summed E-state index contributed by atoms with van der Waals surface area (Å²) in [6.07, 6.45) is 1.58. The molecule has 0 aliphatic carbocycles. The van der Waals surface area contributed by atoms with Gasteiger partial charge in [-0.15, -0.1) is 11.3 Å². The molecule has 0 fully saturated rings. The number of halogens is 1. The second-order valence-corrected chi connectivity index (χ2v) is 7.78. The van der Waals surface area contributed by atoms with Crippen LogP contribution in [0.2, 0.25) is 0 Å². The van der Waals surface area contributed by atoms with Crippen LogP contribution in [0.5, 0.6) is 0 Å². The summed E-state index contributed by atoms with van der Waals surface area (Å²) >= 11 is 1.57. The summed E-state index contributed by atoms with van der Waals surface area (Å²) in [6, 6.07) is 15.0. The van der Waals surface area contributed by atoms with Crippen LogP contribution in [0.3, 0.4) is 0 Å². The van der Waals surface area contributed by atoms with E-state index in [0.29, 0.717) is 6.54 Å². The maximum absolute atomic E-state index is 13.3. The van der Waals surface area contributed by atoms with Crippen LogP contribution in [0.4, 0.5) is 10.2 Å². The van der Waals surface area contributed by atoms with Gasteiger partial charge in [-0.3, -0.25) is 0 Å². The Morgan fingerprint density at radius 2 is 1.75 bits per heavy atom. The third-order valence-electron chi connectivity index (χ3n) is 4.58. The zero-order valence-electron chi connectivity index (χ0n) is 15.8. The molecular formula is C22H21FN4S. The number of rotatable bonds is 6. The van der Waals surface area contributed by atoms with E-state index in [0.717, 1.165) is 33.7 Å². The molecule has 6 heteroatoms. The summed E-state index contributed by atoms with van der Waals surface area (Å²) < 4.78 is 13.3. The van der Waals surface area contributed by atoms with E-state index < -0.39 is 0 Å². The minimum Gasteiger partial charge on any atom is -0.365 e. The van der Waals surface area contributed by atoms with Crippen LogP contribution >= 0.6 is 11.3 Å². The number of anilines is 1. The van der Waals surface area contributed by atoms with Crippen molar-refractivity contribution >= 4 is 27.4 Å². The Hall–Kier alpha value is -2.83. The highest BCUT2D eigenvalue weighted by molar-refractivity contribution is 7.17. The van der Waals surface area contributed by atoms with Crippen molar-refractivity contribution in [2.45, 2.75) is 13.1 Å². The topological polar surface area (TPSA) is 41.0 Å². The van der Waals surface area contributed by atoms with Crippen LogP contribution in [0.1, 0.15) is 11.1 Å². The molecule has 2 heterocycles. The normalized spacial score (nSPS) is 11.3. The van der Waals surface area contributed by atoms with Gasteiger partial charge in [0.1, 0.15) is 22.8 Å². The van der Waals surface area contributed by atoms with Crippen molar-refractivity contribution in [3.63, 3.8) is 0 Å². The van der Waals surface area contributed by atoms with Gasteiger partial charge in [0.2, 0.25) is 0 Å². The van der Waals surface area contributed by atoms with Gasteiger partial charge in [0.05, 0.1) is 5.39 Å². The van der Waals surface area contributed by atoms with E-state index >= 15 is 0 Å². The molecule has 2 aromatic carbocycles. The maximum Gasteiger partial charge on any atom is 0.139 e. The van der Waals surface area contributed by atoms with E-state index in [1.165, 1.54) is 23.3 Å². The van der Waals surface area contributed by atoms with Gasteiger partial charge in [0.15, 0.2) is 0 Å². The van der Waals surface area contributed by atoms with E-state index in [2.05, 4.69) is 63.9 Å². The summed E-state index contributed by atoms with van der Waals surface area (Å²) in [5.41, 5.74) is 4.50. The largest absolute Gasteiger partial charge is 0.365 e. The summed E-state index contributed by atoms with van der Waals surface area (Å²) in [5.74, 6) is 0.556. The first kappa shape index (κ1) is 18.5. The van der Waals surface area contributed by atoms with E-state index in [4.69, 9.17) is 0 Å². The molecule has 28 heavy (non-hydrogen) atoms. The molecule has 0 saturated carbocycles. The second kappa shape index (κ2) is 8.04. The van der Waals surface area contributed by atoms with Gasteiger partial charge in [-0.1, -0.05) is 36.4 Å². The fourth-order valence-corrected chi connectivity index (χ4v) is 4.17. The van der Waals surface area contributed by atoms with Crippen LogP contribution in [0.15, 0.2) is 60.2 Å². The van der Waals surface area contributed by atoms with Crippen LogP contribution in [-0.2, 0) is 13.1 Å². The van der Waals surface area contributed by atoms with E-state index in [9.17, 15) is 4.39 Å². The van der Waals surface area contributed by atoms with Gasteiger partial charge in [-0.2, -0.15) is 0 Å². The first-order valence-corrected chi connectivity index (χ1v) is 9.93. The monoisotopic (exact) mass is 392 g/mol. The fraction of sp³-hybridized carbons (Fsp3) is 0.182. The van der Waals surface area contributed by atoms with Crippen molar-refractivity contribution in [1.82, 2.24) is 14.9 Å². The lowest BCUT2D eigenvalue weighted by Gasteiger charge is -2.15. The molecule has 0 bridgehead atoms. The zero-order chi connectivity index (χ0) is 19.5. The predicted octanol–water partition coefficient (Wildman–Crippen LogP) is 5.17. The third-order valence-corrected chi connectivity index (χ3v) is 5.46. The Morgan fingerprint density at radius 1 is 1.00 bits per heavy atom. The highest BCUT2D eigenvalue weighted by Crippen LogP contribution is 2.36. The van der Waals surface area contributed by atoms with Crippen molar-refractivity contribution in [2.75, 3.05) is 19.4 Å². The molecule has 0 aliphatic rings. The lowest BCUT2D eigenvalue weighted by atomic mass is 10.1. The summed E-state index contributed by atoms with van der Waals surface area (Å²) in [5, 5.41) is 6.52. The van der Waals surface area contributed by atoms with Gasteiger partial charge in [-0.05, 0) is 42.9 Å². The third kappa shape index (κ3) is 3.88. The summed E-state index contributed by atoms with van der Waals surface area (Å²) in [4.78, 5) is 12.0. The van der Waals surface area contributed by atoms with Gasteiger partial charge in [0, 0.05) is 24.0 Å². The molecule has 1 N–H and O–H groups in total.